The van der Waals surface area contributed by atoms with Gasteiger partial charge in [0.2, 0.25) is 10.0 Å². The predicted molar refractivity (Wildman–Crippen MR) is 94.1 cm³/mol. The van der Waals surface area contributed by atoms with Crippen molar-refractivity contribution < 1.29 is 8.42 Å². The molecule has 0 spiro atoms. The molecule has 0 saturated carbocycles. The van der Waals surface area contributed by atoms with E-state index in [0.717, 1.165) is 38.0 Å². The van der Waals surface area contributed by atoms with Crippen LogP contribution in [0.25, 0.3) is 0 Å². The first-order valence-corrected chi connectivity index (χ1v) is 9.66. The van der Waals surface area contributed by atoms with Crippen molar-refractivity contribution in [3.8, 4) is 0 Å². The summed E-state index contributed by atoms with van der Waals surface area (Å²) in [7, 11) is 2.60. The van der Waals surface area contributed by atoms with Crippen molar-refractivity contribution in [2.45, 2.75) is 30.7 Å². The van der Waals surface area contributed by atoms with Gasteiger partial charge in [0, 0.05) is 19.1 Å². The van der Waals surface area contributed by atoms with E-state index < -0.39 is 10.0 Å². The molecule has 5 nitrogen and oxygen atoms in total. The van der Waals surface area contributed by atoms with Crippen molar-refractivity contribution in [2.24, 2.45) is 0 Å². The Kier molecular flexibility index (Phi) is 6.19. The number of likely N-dealkylation sites (tertiary alicyclic amines) is 1. The van der Waals surface area contributed by atoms with Crippen molar-refractivity contribution >= 4 is 10.0 Å². The summed E-state index contributed by atoms with van der Waals surface area (Å²) >= 11 is 0. The van der Waals surface area contributed by atoms with Crippen LogP contribution in [-0.2, 0) is 10.0 Å². The van der Waals surface area contributed by atoms with Crippen LogP contribution < -0.4 is 0 Å². The third-order valence-electron chi connectivity index (χ3n) is 4.46. The van der Waals surface area contributed by atoms with Crippen LogP contribution in [0.2, 0.25) is 0 Å². The van der Waals surface area contributed by atoms with Gasteiger partial charge in [-0.1, -0.05) is 12.1 Å². The number of likely N-dealkylation sites (N-methyl/N-ethyl adjacent to an activating group) is 1. The number of benzene rings is 1. The Bertz CT molecular complexity index is 608. The number of hydrogen-bond acceptors (Lipinski definition) is 4. The number of sulfonamides is 1. The van der Waals surface area contributed by atoms with Gasteiger partial charge in [-0.25, -0.2) is 8.42 Å². The molecule has 0 amide bonds. The monoisotopic (exact) mass is 339 g/mol. The molecule has 0 aromatic heterocycles. The molecule has 1 fully saturated rings. The third kappa shape index (κ3) is 4.76. The molecule has 0 bridgehead atoms. The minimum atomic E-state index is -3.45. The van der Waals surface area contributed by atoms with Crippen LogP contribution in [0.5, 0.6) is 0 Å². The van der Waals surface area contributed by atoms with E-state index in [2.05, 4.69) is 11.9 Å². The van der Waals surface area contributed by atoms with E-state index in [1.807, 2.05) is 38.1 Å². The molecular weight excluding hydrogens is 310 g/mol. The smallest absolute Gasteiger partial charge is 0.243 e. The summed E-state index contributed by atoms with van der Waals surface area (Å²) in [6.07, 6.45) is 1.80. The Balaban J connectivity index is 2.27. The fourth-order valence-electron chi connectivity index (χ4n) is 2.99. The molecule has 130 valence electrons. The molecule has 0 unspecified atom stereocenters. The molecule has 23 heavy (non-hydrogen) atoms. The number of aryl methyl sites for hydroxylation is 1. The topological polar surface area (TPSA) is 43.9 Å². The lowest BCUT2D eigenvalue weighted by Crippen LogP contribution is -2.48. The Hall–Kier alpha value is -0.950. The molecule has 1 saturated heterocycles. The number of rotatable bonds is 6. The van der Waals surface area contributed by atoms with Gasteiger partial charge in [-0.2, -0.15) is 4.31 Å². The first-order valence-electron chi connectivity index (χ1n) is 8.22. The highest BCUT2D eigenvalue weighted by molar-refractivity contribution is 7.89. The van der Waals surface area contributed by atoms with Crippen LogP contribution in [0.3, 0.4) is 0 Å². The second-order valence-electron chi connectivity index (χ2n) is 6.77. The molecule has 1 heterocycles. The Morgan fingerprint density at radius 1 is 1.17 bits per heavy atom. The first-order chi connectivity index (χ1) is 10.8. The summed E-state index contributed by atoms with van der Waals surface area (Å²) in [4.78, 5) is 4.71. The zero-order valence-electron chi connectivity index (χ0n) is 14.7. The van der Waals surface area contributed by atoms with Gasteiger partial charge in [0.05, 0.1) is 4.90 Å². The van der Waals surface area contributed by atoms with Crippen molar-refractivity contribution in [1.29, 1.82) is 0 Å². The molecule has 1 aromatic rings. The van der Waals surface area contributed by atoms with Gasteiger partial charge in [-0.15, -0.1) is 0 Å². The molecular formula is C17H29N3O2S. The Morgan fingerprint density at radius 3 is 2.39 bits per heavy atom. The molecule has 2 rings (SSSR count). The summed E-state index contributed by atoms with van der Waals surface area (Å²) in [5.41, 5.74) is 0.974. The number of piperidine rings is 1. The maximum atomic E-state index is 13.2. The minimum absolute atomic E-state index is 0.0941. The molecule has 1 aromatic carbocycles. The maximum Gasteiger partial charge on any atom is 0.243 e. The second-order valence-corrected chi connectivity index (χ2v) is 8.66. The van der Waals surface area contributed by atoms with Crippen LogP contribution in [0.15, 0.2) is 29.2 Å². The first kappa shape index (κ1) is 18.4. The lowest BCUT2D eigenvalue weighted by atomic mass is 10.1. The number of hydrogen-bond donors (Lipinski definition) is 0. The van der Waals surface area contributed by atoms with Crippen molar-refractivity contribution in [3.63, 3.8) is 0 Å². The summed E-state index contributed by atoms with van der Waals surface area (Å²) in [6, 6.07) is 7.32. The normalized spacial score (nSPS) is 18.0. The molecule has 0 radical (unpaired) electrons. The average Bonchev–Trinajstić information content (AvgIpc) is 2.49. The lowest BCUT2D eigenvalue weighted by molar-refractivity contribution is 0.175. The van der Waals surface area contributed by atoms with E-state index in [4.69, 9.17) is 0 Å². The van der Waals surface area contributed by atoms with Gasteiger partial charge in [-0.05, 0) is 71.7 Å². The van der Waals surface area contributed by atoms with E-state index in [0.29, 0.717) is 11.4 Å². The number of nitrogens with zero attached hydrogens (tertiary/aromatic N) is 3. The Labute approximate surface area is 140 Å². The van der Waals surface area contributed by atoms with Gasteiger partial charge < -0.3 is 9.80 Å². The molecule has 0 N–H and O–H groups in total. The molecule has 1 aliphatic rings. The average molecular weight is 340 g/mol. The van der Waals surface area contributed by atoms with E-state index in [-0.39, 0.29) is 6.04 Å². The van der Waals surface area contributed by atoms with Crippen LogP contribution in [-0.4, -0.2) is 75.9 Å². The zero-order valence-corrected chi connectivity index (χ0v) is 15.5. The Morgan fingerprint density at radius 2 is 1.83 bits per heavy atom. The van der Waals surface area contributed by atoms with Crippen LogP contribution in [0.4, 0.5) is 0 Å². The van der Waals surface area contributed by atoms with Gasteiger partial charge in [0.15, 0.2) is 0 Å². The van der Waals surface area contributed by atoms with Gasteiger partial charge in [-0.3, -0.25) is 0 Å². The zero-order chi connectivity index (χ0) is 17.0. The summed E-state index contributed by atoms with van der Waals surface area (Å²) < 4.78 is 28.1. The van der Waals surface area contributed by atoms with Gasteiger partial charge in [0.1, 0.15) is 0 Å². The SMILES string of the molecule is Cc1cccc(S(=O)(=O)N(CCN(C)C)C2CCN(C)CC2)c1. The standard InChI is InChI=1S/C17H29N3O2S/c1-15-6-5-7-17(14-15)23(21,22)20(13-12-18(2)3)16-8-10-19(4)11-9-16/h5-7,14,16H,8-13H2,1-4H3. The van der Waals surface area contributed by atoms with Crippen LogP contribution >= 0.6 is 0 Å². The molecule has 0 atom stereocenters. The highest BCUT2D eigenvalue weighted by Gasteiger charge is 2.33. The second kappa shape index (κ2) is 7.75. The summed E-state index contributed by atoms with van der Waals surface area (Å²) in [5.74, 6) is 0. The fourth-order valence-corrected chi connectivity index (χ4v) is 4.77. The quantitative estimate of drug-likeness (QED) is 0.790. The van der Waals surface area contributed by atoms with E-state index in [9.17, 15) is 8.42 Å². The third-order valence-corrected chi connectivity index (χ3v) is 6.41. The lowest BCUT2D eigenvalue weighted by Gasteiger charge is -2.37. The predicted octanol–water partition coefficient (Wildman–Crippen LogP) is 1.64. The summed E-state index contributed by atoms with van der Waals surface area (Å²) in [6.45, 7) is 5.10. The van der Waals surface area contributed by atoms with Crippen LogP contribution in [0, 0.1) is 6.92 Å². The van der Waals surface area contributed by atoms with Gasteiger partial charge in [0.25, 0.3) is 0 Å². The summed E-state index contributed by atoms with van der Waals surface area (Å²) in [5, 5.41) is 0. The van der Waals surface area contributed by atoms with E-state index in [1.165, 1.54) is 0 Å². The largest absolute Gasteiger partial charge is 0.308 e. The van der Waals surface area contributed by atoms with Gasteiger partial charge >= 0.3 is 0 Å². The van der Waals surface area contributed by atoms with Crippen molar-refractivity contribution in [3.05, 3.63) is 29.8 Å². The molecule has 6 heteroatoms. The van der Waals surface area contributed by atoms with Crippen LogP contribution in [0.1, 0.15) is 18.4 Å². The van der Waals surface area contributed by atoms with Crippen molar-refractivity contribution in [1.82, 2.24) is 14.1 Å². The highest BCUT2D eigenvalue weighted by Crippen LogP contribution is 2.24. The molecule has 1 aliphatic heterocycles. The fraction of sp³-hybridized carbons (Fsp3) is 0.647. The maximum absolute atomic E-state index is 13.2. The van der Waals surface area contributed by atoms with E-state index in [1.54, 1.807) is 16.4 Å². The van der Waals surface area contributed by atoms with Crippen molar-refractivity contribution in [2.75, 3.05) is 47.3 Å². The minimum Gasteiger partial charge on any atom is -0.308 e. The van der Waals surface area contributed by atoms with E-state index >= 15 is 0 Å². The molecule has 0 aliphatic carbocycles. The highest BCUT2D eigenvalue weighted by atomic mass is 32.2.